The summed E-state index contributed by atoms with van der Waals surface area (Å²) in [5.74, 6) is 0.318. The normalized spacial score (nSPS) is 24.0. The molecule has 1 heterocycles. The van der Waals surface area contributed by atoms with Crippen molar-refractivity contribution in [3.8, 4) is 0 Å². The van der Waals surface area contributed by atoms with Crippen molar-refractivity contribution in [2.24, 2.45) is 11.3 Å². The minimum Gasteiger partial charge on any atom is -0.384 e. The number of nitrogens with zero attached hydrogens (tertiary/aromatic N) is 1. The van der Waals surface area contributed by atoms with Crippen LogP contribution in [-0.4, -0.2) is 44.9 Å². The molecule has 0 aromatic heterocycles. The van der Waals surface area contributed by atoms with Gasteiger partial charge in [-0.15, -0.1) is 0 Å². The van der Waals surface area contributed by atoms with E-state index in [2.05, 4.69) is 4.90 Å². The Morgan fingerprint density at radius 1 is 1.33 bits per heavy atom. The summed E-state index contributed by atoms with van der Waals surface area (Å²) in [7, 11) is 1.76. The van der Waals surface area contributed by atoms with Crippen molar-refractivity contribution in [1.82, 2.24) is 4.90 Å². The lowest BCUT2D eigenvalue weighted by atomic mass is 9.98. The van der Waals surface area contributed by atoms with Gasteiger partial charge in [-0.3, -0.25) is 4.39 Å². The fourth-order valence-corrected chi connectivity index (χ4v) is 2.21. The highest BCUT2D eigenvalue weighted by atomic mass is 19.1. The Morgan fingerprint density at radius 2 is 1.93 bits per heavy atom. The molecule has 0 unspecified atom stereocenters. The highest BCUT2D eigenvalue weighted by Crippen LogP contribution is 2.47. The van der Waals surface area contributed by atoms with E-state index in [-0.39, 0.29) is 6.67 Å². The SMILES string of the molecule is CC.COCC1(CN2CC(CF)C2)CC1. The molecule has 0 atom stereocenters. The number of likely N-dealkylation sites (tertiary alicyclic amines) is 1. The van der Waals surface area contributed by atoms with Crippen LogP contribution < -0.4 is 0 Å². The Balaban J connectivity index is 0.000000531. The maximum atomic E-state index is 12.2. The summed E-state index contributed by atoms with van der Waals surface area (Å²) in [4.78, 5) is 2.36. The molecule has 1 saturated heterocycles. The molecule has 2 rings (SSSR count). The third-order valence-electron chi connectivity index (χ3n) is 3.22. The van der Waals surface area contributed by atoms with E-state index in [1.807, 2.05) is 13.8 Å². The number of methoxy groups -OCH3 is 1. The van der Waals surface area contributed by atoms with E-state index in [9.17, 15) is 4.39 Å². The van der Waals surface area contributed by atoms with Crippen LogP contribution in [0.5, 0.6) is 0 Å². The first-order valence-electron chi connectivity index (χ1n) is 6.05. The van der Waals surface area contributed by atoms with E-state index in [1.54, 1.807) is 7.11 Å². The van der Waals surface area contributed by atoms with Gasteiger partial charge in [0.15, 0.2) is 0 Å². The number of halogens is 1. The number of ether oxygens (including phenoxy) is 1. The maximum Gasteiger partial charge on any atom is 0.0947 e. The Morgan fingerprint density at radius 3 is 2.33 bits per heavy atom. The van der Waals surface area contributed by atoms with Crippen LogP contribution in [0, 0.1) is 11.3 Å². The van der Waals surface area contributed by atoms with Gasteiger partial charge < -0.3 is 9.64 Å². The van der Waals surface area contributed by atoms with Crippen molar-refractivity contribution in [2.75, 3.05) is 40.0 Å². The van der Waals surface area contributed by atoms with Gasteiger partial charge in [0.05, 0.1) is 13.3 Å². The van der Waals surface area contributed by atoms with Crippen molar-refractivity contribution in [1.29, 1.82) is 0 Å². The van der Waals surface area contributed by atoms with Gasteiger partial charge in [-0.25, -0.2) is 0 Å². The lowest BCUT2D eigenvalue weighted by Crippen LogP contribution is -2.50. The van der Waals surface area contributed by atoms with Crippen molar-refractivity contribution in [3.63, 3.8) is 0 Å². The van der Waals surface area contributed by atoms with Gasteiger partial charge in [0.25, 0.3) is 0 Å². The van der Waals surface area contributed by atoms with Gasteiger partial charge in [-0.05, 0) is 12.8 Å². The van der Waals surface area contributed by atoms with Crippen LogP contribution >= 0.6 is 0 Å². The molecule has 1 aliphatic heterocycles. The summed E-state index contributed by atoms with van der Waals surface area (Å²) >= 11 is 0. The van der Waals surface area contributed by atoms with Crippen LogP contribution in [0.3, 0.4) is 0 Å². The Kier molecular flexibility index (Phi) is 5.00. The van der Waals surface area contributed by atoms with Gasteiger partial charge in [-0.1, -0.05) is 13.8 Å². The first kappa shape index (κ1) is 12.9. The van der Waals surface area contributed by atoms with Gasteiger partial charge in [0.2, 0.25) is 0 Å². The third kappa shape index (κ3) is 3.42. The van der Waals surface area contributed by atoms with Crippen molar-refractivity contribution in [2.45, 2.75) is 26.7 Å². The topological polar surface area (TPSA) is 12.5 Å². The first-order chi connectivity index (χ1) is 7.28. The van der Waals surface area contributed by atoms with E-state index in [0.29, 0.717) is 11.3 Å². The molecular formula is C12H24FNO. The molecule has 0 aromatic rings. The molecule has 1 saturated carbocycles. The van der Waals surface area contributed by atoms with Crippen LogP contribution in [0.2, 0.25) is 0 Å². The Labute approximate surface area is 92.8 Å². The van der Waals surface area contributed by atoms with Crippen LogP contribution in [0.4, 0.5) is 4.39 Å². The highest BCUT2D eigenvalue weighted by molar-refractivity contribution is 4.97. The molecular weight excluding hydrogens is 193 g/mol. The number of rotatable bonds is 5. The molecule has 0 spiro atoms. The zero-order valence-corrected chi connectivity index (χ0v) is 10.3. The number of hydrogen-bond acceptors (Lipinski definition) is 2. The smallest absolute Gasteiger partial charge is 0.0947 e. The van der Waals surface area contributed by atoms with Gasteiger partial charge in [-0.2, -0.15) is 0 Å². The second-order valence-electron chi connectivity index (χ2n) is 4.65. The molecule has 2 aliphatic rings. The van der Waals surface area contributed by atoms with Gasteiger partial charge in [0.1, 0.15) is 0 Å². The van der Waals surface area contributed by atoms with E-state index in [1.165, 1.54) is 12.8 Å². The summed E-state index contributed by atoms with van der Waals surface area (Å²) in [5.41, 5.74) is 0.441. The lowest BCUT2D eigenvalue weighted by molar-refractivity contribution is 0.0368. The number of alkyl halides is 1. The van der Waals surface area contributed by atoms with Crippen LogP contribution in [0.25, 0.3) is 0 Å². The average Bonchev–Trinajstić information content (AvgIpc) is 2.95. The fourth-order valence-electron chi connectivity index (χ4n) is 2.21. The summed E-state index contributed by atoms with van der Waals surface area (Å²) in [6.45, 7) is 7.78. The van der Waals surface area contributed by atoms with Crippen LogP contribution in [0.15, 0.2) is 0 Å². The maximum absolute atomic E-state index is 12.2. The molecule has 2 nitrogen and oxygen atoms in total. The summed E-state index contributed by atoms with van der Waals surface area (Å²) < 4.78 is 17.3. The molecule has 15 heavy (non-hydrogen) atoms. The predicted molar refractivity (Wildman–Crippen MR) is 60.8 cm³/mol. The zero-order valence-electron chi connectivity index (χ0n) is 10.3. The van der Waals surface area contributed by atoms with Crippen molar-refractivity contribution < 1.29 is 9.13 Å². The lowest BCUT2D eigenvalue weighted by Gasteiger charge is -2.40. The average molecular weight is 217 g/mol. The van der Waals surface area contributed by atoms with E-state index in [4.69, 9.17) is 4.74 Å². The monoisotopic (exact) mass is 217 g/mol. The van der Waals surface area contributed by atoms with Crippen LogP contribution in [-0.2, 0) is 4.74 Å². The summed E-state index contributed by atoms with van der Waals surface area (Å²) in [6, 6.07) is 0. The Hall–Kier alpha value is -0.150. The molecule has 0 radical (unpaired) electrons. The second-order valence-corrected chi connectivity index (χ2v) is 4.65. The van der Waals surface area contributed by atoms with E-state index >= 15 is 0 Å². The predicted octanol–water partition coefficient (Wildman–Crippen LogP) is 2.34. The summed E-state index contributed by atoms with van der Waals surface area (Å²) in [6.07, 6.45) is 2.58. The molecule has 0 N–H and O–H groups in total. The Bertz CT molecular complexity index is 176. The van der Waals surface area contributed by atoms with E-state index in [0.717, 1.165) is 26.2 Å². The van der Waals surface area contributed by atoms with Crippen LogP contribution in [0.1, 0.15) is 26.7 Å². The van der Waals surface area contributed by atoms with Gasteiger partial charge >= 0.3 is 0 Å². The molecule has 90 valence electrons. The molecule has 3 heteroatoms. The fraction of sp³-hybridized carbons (Fsp3) is 1.00. The summed E-state index contributed by atoms with van der Waals surface area (Å²) in [5, 5.41) is 0. The second kappa shape index (κ2) is 5.80. The minimum atomic E-state index is -0.145. The van der Waals surface area contributed by atoms with Gasteiger partial charge in [0, 0.05) is 38.1 Å². The largest absolute Gasteiger partial charge is 0.384 e. The molecule has 0 aromatic carbocycles. The zero-order chi connectivity index (χ0) is 11.3. The molecule has 0 amide bonds. The van der Waals surface area contributed by atoms with Crippen molar-refractivity contribution >= 4 is 0 Å². The highest BCUT2D eigenvalue weighted by Gasteiger charge is 2.45. The first-order valence-corrected chi connectivity index (χ1v) is 6.05. The minimum absolute atomic E-state index is 0.145. The van der Waals surface area contributed by atoms with E-state index < -0.39 is 0 Å². The molecule has 1 aliphatic carbocycles. The molecule has 2 fully saturated rings. The third-order valence-corrected chi connectivity index (χ3v) is 3.22. The quantitative estimate of drug-likeness (QED) is 0.701. The van der Waals surface area contributed by atoms with Crippen molar-refractivity contribution in [3.05, 3.63) is 0 Å². The standard InChI is InChI=1S/C10H18FNO.C2H6/c1-13-8-10(2-3-10)7-12-5-9(4-11)6-12;1-2/h9H,2-8H2,1H3;1-2H3. The molecule has 0 bridgehead atoms. The number of hydrogen-bond donors (Lipinski definition) is 0.